The Morgan fingerprint density at radius 2 is 2.25 bits per heavy atom. The van der Waals surface area contributed by atoms with Crippen LogP contribution in [0.25, 0.3) is 0 Å². The van der Waals surface area contributed by atoms with Crippen molar-refractivity contribution < 1.29 is 4.39 Å². The highest BCUT2D eigenvalue weighted by Crippen LogP contribution is 2.29. The number of aryl methyl sites for hydroxylation is 1. The third-order valence-corrected chi connectivity index (χ3v) is 2.40. The zero-order valence-corrected chi connectivity index (χ0v) is 7.29. The Labute approximate surface area is 75.5 Å². The van der Waals surface area contributed by atoms with Crippen LogP contribution in [-0.2, 0) is 6.42 Å². The molecule has 1 aliphatic heterocycles. The van der Waals surface area contributed by atoms with Gasteiger partial charge < -0.3 is 5.32 Å². The second-order valence-electron chi connectivity index (χ2n) is 2.93. The van der Waals surface area contributed by atoms with E-state index in [9.17, 15) is 4.39 Å². The minimum atomic E-state index is -0.311. The van der Waals surface area contributed by atoms with Gasteiger partial charge in [0.05, 0.1) is 10.7 Å². The maximum Gasteiger partial charge on any atom is 0.165 e. The molecule has 0 aliphatic carbocycles. The number of halogens is 2. The van der Waals surface area contributed by atoms with Crippen molar-refractivity contribution >= 4 is 17.3 Å². The van der Waals surface area contributed by atoms with Crippen molar-refractivity contribution in [1.29, 1.82) is 0 Å². The van der Waals surface area contributed by atoms with E-state index in [4.69, 9.17) is 11.6 Å². The Kier molecular flexibility index (Phi) is 1.93. The van der Waals surface area contributed by atoms with Crippen molar-refractivity contribution in [2.24, 2.45) is 0 Å². The van der Waals surface area contributed by atoms with Crippen LogP contribution in [0, 0.1) is 5.82 Å². The highest BCUT2D eigenvalue weighted by molar-refractivity contribution is 6.31. The van der Waals surface area contributed by atoms with Crippen molar-refractivity contribution in [2.75, 3.05) is 11.9 Å². The van der Waals surface area contributed by atoms with Gasteiger partial charge in [-0.1, -0.05) is 17.7 Å². The molecule has 0 aromatic heterocycles. The van der Waals surface area contributed by atoms with E-state index < -0.39 is 0 Å². The second-order valence-corrected chi connectivity index (χ2v) is 3.33. The number of anilines is 1. The average Bonchev–Trinajstić information content (AvgIpc) is 2.12. The summed E-state index contributed by atoms with van der Waals surface area (Å²) in [7, 11) is 0. The largest absolute Gasteiger partial charge is 0.382 e. The van der Waals surface area contributed by atoms with Crippen LogP contribution in [0.4, 0.5) is 10.1 Å². The third-order valence-electron chi connectivity index (χ3n) is 2.11. The van der Waals surface area contributed by atoms with Crippen LogP contribution in [0.2, 0.25) is 5.02 Å². The van der Waals surface area contributed by atoms with E-state index in [0.717, 1.165) is 24.9 Å². The van der Waals surface area contributed by atoms with Crippen LogP contribution in [0.5, 0.6) is 0 Å². The summed E-state index contributed by atoms with van der Waals surface area (Å²) in [5.41, 5.74) is 1.62. The minimum absolute atomic E-state index is 0.197. The molecular weight excluding hydrogens is 177 g/mol. The molecule has 12 heavy (non-hydrogen) atoms. The van der Waals surface area contributed by atoms with E-state index in [-0.39, 0.29) is 10.8 Å². The fraction of sp³-hybridized carbons (Fsp3) is 0.333. The van der Waals surface area contributed by atoms with Crippen LogP contribution < -0.4 is 5.32 Å². The van der Waals surface area contributed by atoms with E-state index in [1.165, 1.54) is 0 Å². The summed E-state index contributed by atoms with van der Waals surface area (Å²) in [6.07, 6.45) is 2.00. The first-order valence-electron chi connectivity index (χ1n) is 4.00. The number of fused-ring (bicyclic) bond motifs is 1. The summed E-state index contributed by atoms with van der Waals surface area (Å²) >= 11 is 5.63. The van der Waals surface area contributed by atoms with E-state index in [1.807, 2.05) is 6.07 Å². The molecule has 2 rings (SSSR count). The maximum absolute atomic E-state index is 13.3. The quantitative estimate of drug-likeness (QED) is 0.656. The summed E-state index contributed by atoms with van der Waals surface area (Å²) in [5.74, 6) is -0.311. The number of nitrogens with one attached hydrogen (secondary N) is 1. The highest BCUT2D eigenvalue weighted by Gasteiger charge is 2.14. The molecule has 0 spiro atoms. The first-order chi connectivity index (χ1) is 5.79. The van der Waals surface area contributed by atoms with Crippen LogP contribution in [0.3, 0.4) is 0 Å². The molecule has 0 unspecified atom stereocenters. The molecule has 0 fully saturated rings. The van der Waals surface area contributed by atoms with Gasteiger partial charge in [0.1, 0.15) is 0 Å². The summed E-state index contributed by atoms with van der Waals surface area (Å²) in [5, 5.41) is 3.21. The minimum Gasteiger partial charge on any atom is -0.382 e. The molecule has 0 atom stereocenters. The molecule has 0 saturated heterocycles. The van der Waals surface area contributed by atoms with Crippen molar-refractivity contribution in [3.8, 4) is 0 Å². The lowest BCUT2D eigenvalue weighted by atomic mass is 10.0. The summed E-state index contributed by atoms with van der Waals surface area (Å²) in [6.45, 7) is 0.838. The number of benzene rings is 1. The van der Waals surface area contributed by atoms with Crippen LogP contribution in [0.1, 0.15) is 12.0 Å². The van der Waals surface area contributed by atoms with Crippen LogP contribution in [-0.4, -0.2) is 6.54 Å². The molecular formula is C9H9ClFN. The van der Waals surface area contributed by atoms with Gasteiger partial charge in [-0.3, -0.25) is 0 Å². The van der Waals surface area contributed by atoms with Gasteiger partial charge in [-0.15, -0.1) is 0 Å². The molecule has 1 aliphatic rings. The van der Waals surface area contributed by atoms with E-state index in [0.29, 0.717) is 5.69 Å². The highest BCUT2D eigenvalue weighted by atomic mass is 35.5. The van der Waals surface area contributed by atoms with Gasteiger partial charge in [-0.05, 0) is 24.5 Å². The molecule has 64 valence electrons. The maximum atomic E-state index is 13.3. The number of rotatable bonds is 0. The van der Waals surface area contributed by atoms with Gasteiger partial charge in [-0.25, -0.2) is 4.39 Å². The molecule has 0 saturated carbocycles. The molecule has 1 N–H and O–H groups in total. The predicted molar refractivity (Wildman–Crippen MR) is 48.2 cm³/mol. The van der Waals surface area contributed by atoms with Gasteiger partial charge >= 0.3 is 0 Å². The Balaban J connectivity index is 2.54. The van der Waals surface area contributed by atoms with E-state index >= 15 is 0 Å². The van der Waals surface area contributed by atoms with Gasteiger partial charge in [0.25, 0.3) is 0 Å². The molecule has 1 heterocycles. The third kappa shape index (κ3) is 1.16. The molecule has 1 nitrogen and oxygen atoms in total. The normalized spacial score (nSPS) is 15.2. The Bertz CT molecular complexity index is 312. The Morgan fingerprint density at radius 3 is 3.08 bits per heavy atom. The van der Waals surface area contributed by atoms with Crippen LogP contribution in [0.15, 0.2) is 12.1 Å². The molecule has 0 bridgehead atoms. The molecule has 0 amide bonds. The molecule has 0 radical (unpaired) electrons. The van der Waals surface area contributed by atoms with Gasteiger partial charge in [0.15, 0.2) is 5.82 Å². The summed E-state index contributed by atoms with van der Waals surface area (Å²) in [4.78, 5) is 0. The molecule has 1 aromatic rings. The number of hydrogen-bond donors (Lipinski definition) is 1. The summed E-state index contributed by atoms with van der Waals surface area (Å²) < 4.78 is 13.3. The van der Waals surface area contributed by atoms with Gasteiger partial charge in [0, 0.05) is 6.54 Å². The average molecular weight is 186 g/mol. The Morgan fingerprint density at radius 1 is 1.42 bits per heavy atom. The fourth-order valence-electron chi connectivity index (χ4n) is 1.48. The first kappa shape index (κ1) is 7.87. The fourth-order valence-corrected chi connectivity index (χ4v) is 1.64. The van der Waals surface area contributed by atoms with Gasteiger partial charge in [0.2, 0.25) is 0 Å². The van der Waals surface area contributed by atoms with E-state index in [2.05, 4.69) is 5.32 Å². The zero-order chi connectivity index (χ0) is 8.55. The monoisotopic (exact) mass is 185 g/mol. The zero-order valence-electron chi connectivity index (χ0n) is 6.53. The second kappa shape index (κ2) is 2.94. The SMILES string of the molecule is Fc1c(Cl)ccc2c1NCCC2. The van der Waals surface area contributed by atoms with Crippen LogP contribution >= 0.6 is 11.6 Å². The summed E-state index contributed by atoms with van der Waals surface area (Å²) in [6, 6.07) is 3.50. The van der Waals surface area contributed by atoms with Crippen molar-refractivity contribution in [2.45, 2.75) is 12.8 Å². The van der Waals surface area contributed by atoms with E-state index in [1.54, 1.807) is 6.07 Å². The van der Waals surface area contributed by atoms with Gasteiger partial charge in [-0.2, -0.15) is 0 Å². The van der Waals surface area contributed by atoms with Crippen molar-refractivity contribution in [1.82, 2.24) is 0 Å². The Hall–Kier alpha value is -0.760. The molecule has 3 heteroatoms. The van der Waals surface area contributed by atoms with Crippen molar-refractivity contribution in [3.63, 3.8) is 0 Å². The lowest BCUT2D eigenvalue weighted by molar-refractivity contribution is 0.623. The first-order valence-corrected chi connectivity index (χ1v) is 4.37. The lowest BCUT2D eigenvalue weighted by Crippen LogP contribution is -2.13. The molecule has 1 aromatic carbocycles. The lowest BCUT2D eigenvalue weighted by Gasteiger charge is -2.18. The standard InChI is InChI=1S/C9H9ClFN/c10-7-4-3-6-2-1-5-12-9(6)8(7)11/h3-4,12H,1-2,5H2. The smallest absolute Gasteiger partial charge is 0.165 e. The predicted octanol–water partition coefficient (Wildman–Crippen LogP) is 2.84. The number of hydrogen-bond acceptors (Lipinski definition) is 1. The topological polar surface area (TPSA) is 12.0 Å². The van der Waals surface area contributed by atoms with Crippen molar-refractivity contribution in [3.05, 3.63) is 28.5 Å².